The Kier molecular flexibility index (Phi) is 6.09. The minimum absolute atomic E-state index is 0.0596. The fourth-order valence-electron chi connectivity index (χ4n) is 2.67. The third kappa shape index (κ3) is 3.95. The van der Waals surface area contributed by atoms with E-state index in [-0.39, 0.29) is 11.9 Å². The summed E-state index contributed by atoms with van der Waals surface area (Å²) in [7, 11) is 0. The molecule has 0 bridgehead atoms. The number of amides is 1. The van der Waals surface area contributed by atoms with Crippen LogP contribution in [0.4, 0.5) is 0 Å². The molecule has 0 spiro atoms. The quantitative estimate of drug-likeness (QED) is 0.750. The van der Waals surface area contributed by atoms with Gasteiger partial charge in [0.05, 0.1) is 6.04 Å². The topological polar surface area (TPSA) is 58.4 Å². The van der Waals surface area contributed by atoms with Gasteiger partial charge in [0.1, 0.15) is 0 Å². The van der Waals surface area contributed by atoms with Crippen molar-refractivity contribution in [2.24, 2.45) is 17.6 Å². The number of nitrogens with one attached hydrogen (secondary N) is 1. The van der Waals surface area contributed by atoms with Crippen molar-refractivity contribution in [3.63, 3.8) is 0 Å². The van der Waals surface area contributed by atoms with Crippen molar-refractivity contribution in [3.05, 3.63) is 0 Å². The molecule has 0 aromatic rings. The standard InChI is InChI=1S/C14H29N3O/c1-10(2)5-7-16-14(18)12(4)17-8-6-11(3)13(17)9-15/h10-13H,5-9,15H2,1-4H3,(H,16,18). The van der Waals surface area contributed by atoms with Crippen LogP contribution in [0.25, 0.3) is 0 Å². The van der Waals surface area contributed by atoms with Gasteiger partial charge in [0.25, 0.3) is 0 Å². The highest BCUT2D eigenvalue weighted by Gasteiger charge is 2.35. The van der Waals surface area contributed by atoms with Crippen LogP contribution in [0.2, 0.25) is 0 Å². The van der Waals surface area contributed by atoms with Gasteiger partial charge >= 0.3 is 0 Å². The van der Waals surface area contributed by atoms with Crippen LogP contribution in [0.3, 0.4) is 0 Å². The van der Waals surface area contributed by atoms with Gasteiger partial charge in [-0.3, -0.25) is 9.69 Å². The van der Waals surface area contributed by atoms with Gasteiger partial charge in [-0.1, -0.05) is 20.8 Å². The summed E-state index contributed by atoms with van der Waals surface area (Å²) in [4.78, 5) is 14.3. The summed E-state index contributed by atoms with van der Waals surface area (Å²) >= 11 is 0. The van der Waals surface area contributed by atoms with Crippen LogP contribution >= 0.6 is 0 Å². The van der Waals surface area contributed by atoms with Crippen molar-refractivity contribution >= 4 is 5.91 Å². The molecule has 1 heterocycles. The van der Waals surface area contributed by atoms with Gasteiger partial charge in [-0.25, -0.2) is 0 Å². The molecule has 106 valence electrons. The first kappa shape index (κ1) is 15.4. The summed E-state index contributed by atoms with van der Waals surface area (Å²) in [6, 6.07) is 0.298. The number of nitrogens with zero attached hydrogens (tertiary/aromatic N) is 1. The Hall–Kier alpha value is -0.610. The van der Waals surface area contributed by atoms with Crippen LogP contribution in [0.15, 0.2) is 0 Å². The van der Waals surface area contributed by atoms with Crippen molar-refractivity contribution in [2.75, 3.05) is 19.6 Å². The average molecular weight is 255 g/mol. The lowest BCUT2D eigenvalue weighted by molar-refractivity contribution is -0.126. The molecule has 1 aliphatic heterocycles. The molecule has 0 radical (unpaired) electrons. The zero-order valence-corrected chi connectivity index (χ0v) is 12.3. The van der Waals surface area contributed by atoms with Gasteiger partial charge in [0, 0.05) is 19.1 Å². The molecule has 1 aliphatic rings. The van der Waals surface area contributed by atoms with E-state index in [9.17, 15) is 4.79 Å². The number of carbonyl (C=O) groups excluding carboxylic acids is 1. The van der Waals surface area contributed by atoms with E-state index < -0.39 is 0 Å². The number of hydrogen-bond acceptors (Lipinski definition) is 3. The zero-order valence-electron chi connectivity index (χ0n) is 12.3. The number of rotatable bonds is 6. The van der Waals surface area contributed by atoms with E-state index in [4.69, 9.17) is 5.73 Å². The molecule has 1 rings (SSSR count). The lowest BCUT2D eigenvalue weighted by Crippen LogP contribution is -2.50. The second-order valence-corrected chi connectivity index (χ2v) is 5.96. The Bertz CT molecular complexity index is 268. The van der Waals surface area contributed by atoms with E-state index in [0.717, 1.165) is 25.9 Å². The fourth-order valence-corrected chi connectivity index (χ4v) is 2.67. The largest absolute Gasteiger partial charge is 0.355 e. The Morgan fingerprint density at radius 2 is 2.11 bits per heavy atom. The lowest BCUT2D eigenvalue weighted by atomic mass is 10.0. The molecule has 3 N–H and O–H groups in total. The first-order chi connectivity index (χ1) is 8.47. The molecule has 18 heavy (non-hydrogen) atoms. The minimum atomic E-state index is -0.0596. The van der Waals surface area contributed by atoms with Crippen molar-refractivity contribution < 1.29 is 4.79 Å². The van der Waals surface area contributed by atoms with Crippen molar-refractivity contribution in [3.8, 4) is 0 Å². The van der Waals surface area contributed by atoms with E-state index in [1.165, 1.54) is 0 Å². The van der Waals surface area contributed by atoms with Gasteiger partial charge in [-0.2, -0.15) is 0 Å². The molecule has 3 atom stereocenters. The smallest absolute Gasteiger partial charge is 0.237 e. The van der Waals surface area contributed by atoms with E-state index in [1.54, 1.807) is 0 Å². The third-order valence-electron chi connectivity index (χ3n) is 4.06. The normalized spacial score (nSPS) is 26.6. The van der Waals surface area contributed by atoms with E-state index in [1.807, 2.05) is 6.92 Å². The van der Waals surface area contributed by atoms with Crippen LogP contribution in [0, 0.1) is 11.8 Å². The van der Waals surface area contributed by atoms with E-state index >= 15 is 0 Å². The van der Waals surface area contributed by atoms with Crippen molar-refractivity contribution in [1.82, 2.24) is 10.2 Å². The molecule has 4 nitrogen and oxygen atoms in total. The summed E-state index contributed by atoms with van der Waals surface area (Å²) in [6.07, 6.45) is 2.18. The Balaban J connectivity index is 2.43. The molecule has 1 saturated heterocycles. The van der Waals surface area contributed by atoms with Crippen LogP contribution in [0.1, 0.15) is 40.5 Å². The Morgan fingerprint density at radius 1 is 1.44 bits per heavy atom. The van der Waals surface area contributed by atoms with Crippen LogP contribution < -0.4 is 11.1 Å². The number of nitrogens with two attached hydrogens (primary N) is 1. The molecule has 3 unspecified atom stereocenters. The van der Waals surface area contributed by atoms with E-state index in [0.29, 0.717) is 24.4 Å². The minimum Gasteiger partial charge on any atom is -0.355 e. The summed E-state index contributed by atoms with van der Waals surface area (Å²) in [5, 5.41) is 3.03. The van der Waals surface area contributed by atoms with Crippen molar-refractivity contribution in [1.29, 1.82) is 0 Å². The Morgan fingerprint density at radius 3 is 2.67 bits per heavy atom. The van der Waals surface area contributed by atoms with Gasteiger partial charge in [-0.05, 0) is 38.1 Å². The predicted octanol–water partition coefficient (Wildman–Crippen LogP) is 1.21. The molecular weight excluding hydrogens is 226 g/mol. The molecule has 0 saturated carbocycles. The molecule has 4 heteroatoms. The highest BCUT2D eigenvalue weighted by Crippen LogP contribution is 2.25. The van der Waals surface area contributed by atoms with Crippen LogP contribution in [0.5, 0.6) is 0 Å². The summed E-state index contributed by atoms with van der Waals surface area (Å²) in [6.45, 7) is 11.0. The molecular formula is C14H29N3O. The predicted molar refractivity (Wildman–Crippen MR) is 75.3 cm³/mol. The molecule has 0 aromatic carbocycles. The SMILES string of the molecule is CC(C)CCNC(=O)C(C)N1CCC(C)C1CN. The average Bonchev–Trinajstić information content (AvgIpc) is 2.68. The monoisotopic (exact) mass is 255 g/mol. The summed E-state index contributed by atoms with van der Waals surface area (Å²) in [5.74, 6) is 1.37. The fraction of sp³-hybridized carbons (Fsp3) is 0.929. The molecule has 0 aliphatic carbocycles. The maximum atomic E-state index is 12.1. The maximum absolute atomic E-state index is 12.1. The highest BCUT2D eigenvalue weighted by atomic mass is 16.2. The number of hydrogen-bond donors (Lipinski definition) is 2. The second-order valence-electron chi connectivity index (χ2n) is 5.96. The first-order valence-electron chi connectivity index (χ1n) is 7.20. The van der Waals surface area contributed by atoms with Gasteiger partial charge in [0.2, 0.25) is 5.91 Å². The lowest BCUT2D eigenvalue weighted by Gasteiger charge is -2.30. The summed E-state index contributed by atoms with van der Waals surface area (Å²) < 4.78 is 0. The Labute approximate surface area is 111 Å². The van der Waals surface area contributed by atoms with Crippen LogP contribution in [-0.4, -0.2) is 42.5 Å². The third-order valence-corrected chi connectivity index (χ3v) is 4.06. The van der Waals surface area contributed by atoms with Gasteiger partial charge in [-0.15, -0.1) is 0 Å². The first-order valence-corrected chi connectivity index (χ1v) is 7.20. The molecule has 1 fully saturated rings. The summed E-state index contributed by atoms with van der Waals surface area (Å²) in [5.41, 5.74) is 5.82. The highest BCUT2D eigenvalue weighted by molar-refractivity contribution is 5.81. The van der Waals surface area contributed by atoms with Gasteiger partial charge in [0.15, 0.2) is 0 Å². The number of likely N-dealkylation sites (tertiary alicyclic amines) is 1. The second kappa shape index (κ2) is 7.10. The van der Waals surface area contributed by atoms with Gasteiger partial charge < -0.3 is 11.1 Å². The number of carbonyl (C=O) groups is 1. The molecule has 0 aromatic heterocycles. The van der Waals surface area contributed by atoms with E-state index in [2.05, 4.69) is 31.0 Å². The zero-order chi connectivity index (χ0) is 13.7. The molecule has 1 amide bonds. The van der Waals surface area contributed by atoms with Crippen molar-refractivity contribution in [2.45, 2.75) is 52.6 Å². The van der Waals surface area contributed by atoms with Crippen LogP contribution in [-0.2, 0) is 4.79 Å². The maximum Gasteiger partial charge on any atom is 0.237 e.